The summed E-state index contributed by atoms with van der Waals surface area (Å²) in [6, 6.07) is 22.4. The second-order valence-electron chi connectivity index (χ2n) is 11.8. The van der Waals surface area contributed by atoms with Gasteiger partial charge in [0, 0.05) is 17.3 Å². The van der Waals surface area contributed by atoms with Gasteiger partial charge in [0.1, 0.15) is 12.4 Å². The van der Waals surface area contributed by atoms with Crippen LogP contribution in [0.4, 0.5) is 0 Å². The van der Waals surface area contributed by atoms with Crippen LogP contribution in [0.15, 0.2) is 60.7 Å². The highest BCUT2D eigenvalue weighted by Gasteiger charge is 2.33. The molecule has 0 amide bonds. The minimum Gasteiger partial charge on any atom is -0.488 e. The van der Waals surface area contributed by atoms with Crippen molar-refractivity contribution in [3.63, 3.8) is 0 Å². The Balaban J connectivity index is 2.14. The Morgan fingerprint density at radius 1 is 0.892 bits per heavy atom. The minimum absolute atomic E-state index is 0.00897. The Morgan fingerprint density at radius 2 is 1.62 bits per heavy atom. The van der Waals surface area contributed by atoms with E-state index in [1.54, 1.807) is 0 Å². The third kappa shape index (κ3) is 7.92. The molecule has 1 N–H and O–H groups in total. The summed E-state index contributed by atoms with van der Waals surface area (Å²) >= 11 is 0. The van der Waals surface area contributed by atoms with Crippen molar-refractivity contribution < 1.29 is 4.74 Å². The SMILES string of the molecule is CCCCCC(C)(Pc1ccc(C)cc1CNC)c1cc(C(C)(C)C)cc(C)c1OCc1ccccc1. The van der Waals surface area contributed by atoms with E-state index in [9.17, 15) is 0 Å². The summed E-state index contributed by atoms with van der Waals surface area (Å²) in [5, 5.41) is 4.85. The van der Waals surface area contributed by atoms with E-state index < -0.39 is 0 Å². The van der Waals surface area contributed by atoms with E-state index in [0.29, 0.717) is 15.2 Å². The van der Waals surface area contributed by atoms with Gasteiger partial charge in [0.15, 0.2) is 0 Å². The van der Waals surface area contributed by atoms with Crippen molar-refractivity contribution in [1.82, 2.24) is 5.32 Å². The molecular formula is C34H48NOP. The fourth-order valence-corrected chi connectivity index (χ4v) is 6.71. The number of nitrogens with one attached hydrogen (secondary N) is 1. The summed E-state index contributed by atoms with van der Waals surface area (Å²) in [6.07, 6.45) is 4.87. The van der Waals surface area contributed by atoms with Crippen molar-refractivity contribution in [3.05, 3.63) is 94.0 Å². The molecular weight excluding hydrogens is 469 g/mol. The number of unbranched alkanes of at least 4 members (excludes halogenated alkanes) is 2. The normalized spacial score (nSPS) is 13.7. The van der Waals surface area contributed by atoms with Crippen molar-refractivity contribution in [2.75, 3.05) is 7.05 Å². The number of ether oxygens (including phenoxy) is 1. The number of aryl methyl sites for hydroxylation is 2. The fraction of sp³-hybridized carbons (Fsp3) is 0.471. The molecule has 2 unspecified atom stereocenters. The highest BCUT2D eigenvalue weighted by Crippen LogP contribution is 2.51. The smallest absolute Gasteiger partial charge is 0.126 e. The summed E-state index contributed by atoms with van der Waals surface area (Å²) in [5.74, 6) is 1.07. The molecule has 3 aromatic carbocycles. The molecule has 3 heteroatoms. The lowest BCUT2D eigenvalue weighted by molar-refractivity contribution is 0.296. The number of benzene rings is 3. The van der Waals surface area contributed by atoms with Crippen molar-refractivity contribution in [2.24, 2.45) is 0 Å². The Morgan fingerprint density at radius 3 is 2.27 bits per heavy atom. The van der Waals surface area contributed by atoms with Crippen LogP contribution < -0.4 is 15.4 Å². The summed E-state index contributed by atoms with van der Waals surface area (Å²) < 4.78 is 6.70. The molecule has 0 radical (unpaired) electrons. The van der Waals surface area contributed by atoms with E-state index in [2.05, 4.69) is 114 Å². The van der Waals surface area contributed by atoms with Crippen LogP contribution in [-0.2, 0) is 23.7 Å². The van der Waals surface area contributed by atoms with Crippen LogP contribution in [0.25, 0.3) is 0 Å². The molecule has 0 heterocycles. The lowest BCUT2D eigenvalue weighted by atomic mass is 9.82. The second-order valence-corrected chi connectivity index (χ2v) is 13.7. The van der Waals surface area contributed by atoms with Gasteiger partial charge >= 0.3 is 0 Å². The zero-order valence-electron chi connectivity index (χ0n) is 24.4. The maximum Gasteiger partial charge on any atom is 0.126 e. The topological polar surface area (TPSA) is 21.3 Å². The molecule has 0 aliphatic carbocycles. The molecule has 0 saturated heterocycles. The zero-order valence-corrected chi connectivity index (χ0v) is 25.4. The molecule has 37 heavy (non-hydrogen) atoms. The maximum absolute atomic E-state index is 6.70. The fourth-order valence-electron chi connectivity index (χ4n) is 5.01. The highest BCUT2D eigenvalue weighted by atomic mass is 31.1. The first-order valence-electron chi connectivity index (χ1n) is 13.9. The zero-order chi connectivity index (χ0) is 27.1. The Kier molecular flexibility index (Phi) is 10.4. The van der Waals surface area contributed by atoms with E-state index in [1.807, 2.05) is 7.05 Å². The summed E-state index contributed by atoms with van der Waals surface area (Å²) in [4.78, 5) is 0. The van der Waals surface area contributed by atoms with Gasteiger partial charge in [-0.05, 0) is 60.3 Å². The van der Waals surface area contributed by atoms with Crippen molar-refractivity contribution >= 4 is 13.9 Å². The average Bonchev–Trinajstić information content (AvgIpc) is 2.85. The van der Waals surface area contributed by atoms with E-state index in [0.717, 1.165) is 18.7 Å². The molecule has 0 spiro atoms. The first-order chi connectivity index (χ1) is 17.6. The van der Waals surface area contributed by atoms with Gasteiger partial charge < -0.3 is 10.1 Å². The maximum atomic E-state index is 6.70. The molecule has 0 fully saturated rings. The standard InChI is InChI=1S/C34H48NOP/c1-9-10-14-19-34(7,37-31-18-17-25(2)20-28(31)23-35-8)30-22-29(33(4,5)6)21-26(3)32(30)36-24-27-15-12-11-13-16-27/h11-13,15-18,20-22,35,37H,9-10,14,19,23-24H2,1-8H3. The average molecular weight is 518 g/mol. The molecule has 0 aromatic heterocycles. The first-order valence-corrected chi connectivity index (χ1v) is 14.9. The van der Waals surface area contributed by atoms with E-state index in [-0.39, 0.29) is 10.6 Å². The second kappa shape index (κ2) is 13.1. The van der Waals surface area contributed by atoms with Gasteiger partial charge in [0.25, 0.3) is 0 Å². The largest absolute Gasteiger partial charge is 0.488 e. The lowest BCUT2D eigenvalue weighted by Crippen LogP contribution is -2.25. The summed E-state index contributed by atoms with van der Waals surface area (Å²) in [6.45, 7) is 17.6. The van der Waals surface area contributed by atoms with Crippen molar-refractivity contribution in [3.8, 4) is 5.75 Å². The molecule has 2 nitrogen and oxygen atoms in total. The van der Waals surface area contributed by atoms with Gasteiger partial charge in [0.2, 0.25) is 0 Å². The molecule has 0 aliphatic rings. The lowest BCUT2D eigenvalue weighted by Gasteiger charge is -2.35. The number of hydrogen-bond donors (Lipinski definition) is 1. The van der Waals surface area contributed by atoms with Gasteiger partial charge in [-0.2, -0.15) is 0 Å². The summed E-state index contributed by atoms with van der Waals surface area (Å²) in [7, 11) is 2.71. The van der Waals surface area contributed by atoms with Gasteiger partial charge in [-0.1, -0.05) is 129 Å². The quantitative estimate of drug-likeness (QED) is 0.192. The van der Waals surface area contributed by atoms with Crippen LogP contribution in [-0.4, -0.2) is 7.05 Å². The molecule has 200 valence electrons. The van der Waals surface area contributed by atoms with Crippen molar-refractivity contribution in [2.45, 2.75) is 97.9 Å². The number of hydrogen-bond acceptors (Lipinski definition) is 2. The molecule has 0 aliphatic heterocycles. The van der Waals surface area contributed by atoms with Crippen LogP contribution >= 0.6 is 8.58 Å². The van der Waals surface area contributed by atoms with Gasteiger partial charge in [-0.25, -0.2) is 0 Å². The van der Waals surface area contributed by atoms with Crippen LogP contribution in [0.5, 0.6) is 5.75 Å². The molecule has 0 bridgehead atoms. The van der Waals surface area contributed by atoms with E-state index in [4.69, 9.17) is 4.74 Å². The third-order valence-corrected chi connectivity index (χ3v) is 9.11. The molecule has 3 aromatic rings. The Hall–Kier alpha value is -2.15. The molecule has 2 atom stereocenters. The van der Waals surface area contributed by atoms with Crippen LogP contribution in [0.1, 0.15) is 93.7 Å². The number of rotatable bonds is 12. The van der Waals surface area contributed by atoms with Crippen LogP contribution in [0.2, 0.25) is 0 Å². The van der Waals surface area contributed by atoms with Crippen LogP contribution in [0, 0.1) is 13.8 Å². The van der Waals surface area contributed by atoms with E-state index >= 15 is 0 Å². The Bertz CT molecular complexity index is 1150. The van der Waals surface area contributed by atoms with Crippen LogP contribution in [0.3, 0.4) is 0 Å². The van der Waals surface area contributed by atoms with E-state index in [1.165, 1.54) is 57.9 Å². The molecule has 3 rings (SSSR count). The Labute approximate surface area is 228 Å². The third-order valence-electron chi connectivity index (χ3n) is 7.28. The van der Waals surface area contributed by atoms with Gasteiger partial charge in [-0.15, -0.1) is 0 Å². The summed E-state index contributed by atoms with van der Waals surface area (Å²) in [5.41, 5.74) is 8.02. The highest BCUT2D eigenvalue weighted by molar-refractivity contribution is 7.48. The molecule has 0 saturated carbocycles. The predicted octanol–water partition coefficient (Wildman–Crippen LogP) is 8.70. The van der Waals surface area contributed by atoms with Gasteiger partial charge in [0.05, 0.1) is 0 Å². The van der Waals surface area contributed by atoms with Gasteiger partial charge in [-0.3, -0.25) is 0 Å². The predicted molar refractivity (Wildman–Crippen MR) is 164 cm³/mol. The first kappa shape index (κ1) is 29.4. The van der Waals surface area contributed by atoms with Crippen molar-refractivity contribution in [1.29, 1.82) is 0 Å². The monoisotopic (exact) mass is 517 g/mol. The minimum atomic E-state index is -0.00897.